The van der Waals surface area contributed by atoms with E-state index in [0.717, 1.165) is 36.5 Å². The van der Waals surface area contributed by atoms with Crippen LogP contribution in [0.2, 0.25) is 0 Å². The number of fused-ring (bicyclic) bond motifs is 5. The van der Waals surface area contributed by atoms with Crippen LogP contribution >= 0.6 is 0 Å². The second kappa shape index (κ2) is 5.10. The molecule has 4 aliphatic rings. The molecule has 0 aliphatic heterocycles. The molecule has 0 radical (unpaired) electrons. The van der Waals surface area contributed by atoms with Gasteiger partial charge in [-0.15, -0.1) is 0 Å². The molecule has 23 heavy (non-hydrogen) atoms. The molecule has 0 aromatic rings. The van der Waals surface area contributed by atoms with Gasteiger partial charge in [0.2, 0.25) is 0 Å². The van der Waals surface area contributed by atoms with Crippen molar-refractivity contribution in [1.82, 2.24) is 0 Å². The molecule has 4 saturated carbocycles. The van der Waals surface area contributed by atoms with E-state index in [1.54, 1.807) is 5.57 Å². The Hall–Kier alpha value is -0.300. The van der Waals surface area contributed by atoms with Crippen molar-refractivity contribution >= 4 is 0 Å². The Morgan fingerprint density at radius 3 is 2.48 bits per heavy atom. The largest absolute Gasteiger partial charge is 0.390 e. The molecule has 0 unspecified atom stereocenters. The fourth-order valence-corrected chi connectivity index (χ4v) is 7.75. The number of hydrogen-bond donors (Lipinski definition) is 1. The van der Waals surface area contributed by atoms with Crippen LogP contribution in [0.15, 0.2) is 11.6 Å². The molecule has 0 bridgehead atoms. The maximum Gasteiger partial charge on any atom is 0.0622 e. The zero-order chi connectivity index (χ0) is 16.5. The topological polar surface area (TPSA) is 20.2 Å². The van der Waals surface area contributed by atoms with Gasteiger partial charge in [0.15, 0.2) is 0 Å². The molecule has 7 atom stereocenters. The van der Waals surface area contributed by atoms with E-state index in [1.165, 1.54) is 44.9 Å². The summed E-state index contributed by atoms with van der Waals surface area (Å²) in [6, 6.07) is 0. The Kier molecular flexibility index (Phi) is 3.59. The van der Waals surface area contributed by atoms with Crippen molar-refractivity contribution in [3.05, 3.63) is 11.6 Å². The van der Waals surface area contributed by atoms with Crippen molar-refractivity contribution in [2.45, 2.75) is 91.1 Å². The Morgan fingerprint density at radius 2 is 1.74 bits per heavy atom. The van der Waals surface area contributed by atoms with Gasteiger partial charge in [0.1, 0.15) is 0 Å². The van der Waals surface area contributed by atoms with Crippen molar-refractivity contribution in [3.63, 3.8) is 0 Å². The van der Waals surface area contributed by atoms with Gasteiger partial charge < -0.3 is 5.11 Å². The SMILES string of the molecule is CC=C1CC[C@H]2[C@@H]3CC[C@H]4C[C@](C)(O)CC[C@]4(C)[C@H]3CC[C@]12C. The molecule has 0 amide bonds. The lowest BCUT2D eigenvalue weighted by Crippen LogP contribution is -2.55. The quantitative estimate of drug-likeness (QED) is 0.566. The van der Waals surface area contributed by atoms with Crippen LogP contribution in [-0.2, 0) is 0 Å². The van der Waals surface area contributed by atoms with Crippen LogP contribution in [0.3, 0.4) is 0 Å². The average Bonchev–Trinajstić information content (AvgIpc) is 2.84. The highest BCUT2D eigenvalue weighted by molar-refractivity contribution is 5.23. The van der Waals surface area contributed by atoms with E-state index in [2.05, 4.69) is 33.8 Å². The third-order valence-electron chi connectivity index (χ3n) is 9.15. The van der Waals surface area contributed by atoms with Gasteiger partial charge in [0.25, 0.3) is 0 Å². The lowest BCUT2D eigenvalue weighted by Gasteiger charge is -2.61. The number of allylic oxidation sites excluding steroid dienone is 2. The molecule has 4 aliphatic carbocycles. The van der Waals surface area contributed by atoms with Gasteiger partial charge in [-0.3, -0.25) is 0 Å². The normalized spacial score (nSPS) is 57.7. The molecule has 0 aromatic heterocycles. The molecular formula is C22H36O. The molecule has 4 fully saturated rings. The standard InChI is InChI=1S/C22H36O/c1-5-15-7-9-18-17-8-6-16-14-20(2,23)12-13-22(16,4)19(17)10-11-21(15,18)3/h5,16-19,23H,6-14H2,1-4H3/t16-,17-,18-,19-,20+,21+,22-/m0/s1. The molecule has 1 nitrogen and oxygen atoms in total. The summed E-state index contributed by atoms with van der Waals surface area (Å²) in [6.45, 7) is 9.51. The molecule has 0 aromatic carbocycles. The van der Waals surface area contributed by atoms with E-state index in [-0.39, 0.29) is 0 Å². The van der Waals surface area contributed by atoms with E-state index >= 15 is 0 Å². The molecular weight excluding hydrogens is 280 g/mol. The lowest BCUT2D eigenvalue weighted by molar-refractivity contribution is -0.139. The lowest BCUT2D eigenvalue weighted by atomic mass is 9.44. The third-order valence-corrected chi connectivity index (χ3v) is 9.15. The predicted molar refractivity (Wildman–Crippen MR) is 96.1 cm³/mol. The fourth-order valence-electron chi connectivity index (χ4n) is 7.75. The first-order chi connectivity index (χ1) is 10.8. The summed E-state index contributed by atoms with van der Waals surface area (Å²) in [5.74, 6) is 3.58. The summed E-state index contributed by atoms with van der Waals surface area (Å²) in [7, 11) is 0. The highest BCUT2D eigenvalue weighted by atomic mass is 16.3. The summed E-state index contributed by atoms with van der Waals surface area (Å²) in [5, 5.41) is 10.6. The average molecular weight is 317 g/mol. The summed E-state index contributed by atoms with van der Waals surface area (Å²) in [5.41, 5.74) is 2.38. The highest BCUT2D eigenvalue weighted by Gasteiger charge is 2.59. The predicted octanol–water partition coefficient (Wildman–Crippen LogP) is 5.73. The van der Waals surface area contributed by atoms with Gasteiger partial charge in [-0.25, -0.2) is 0 Å². The number of hydrogen-bond acceptors (Lipinski definition) is 1. The van der Waals surface area contributed by atoms with Crippen molar-refractivity contribution < 1.29 is 5.11 Å². The van der Waals surface area contributed by atoms with Crippen LogP contribution in [0.5, 0.6) is 0 Å². The minimum atomic E-state index is -0.397. The van der Waals surface area contributed by atoms with Gasteiger partial charge in [-0.2, -0.15) is 0 Å². The van der Waals surface area contributed by atoms with E-state index < -0.39 is 5.60 Å². The van der Waals surface area contributed by atoms with E-state index in [4.69, 9.17) is 0 Å². The number of aliphatic hydroxyl groups is 1. The smallest absolute Gasteiger partial charge is 0.0622 e. The highest BCUT2D eigenvalue weighted by Crippen LogP contribution is 2.67. The zero-order valence-corrected chi connectivity index (χ0v) is 15.7. The van der Waals surface area contributed by atoms with Crippen LogP contribution in [0.1, 0.15) is 85.5 Å². The molecule has 0 heterocycles. The van der Waals surface area contributed by atoms with Gasteiger partial charge in [-0.05, 0) is 106 Å². The first-order valence-corrected chi connectivity index (χ1v) is 10.2. The second-order valence-corrected chi connectivity index (χ2v) is 10.2. The maximum atomic E-state index is 10.6. The van der Waals surface area contributed by atoms with E-state index in [1.807, 2.05) is 0 Å². The van der Waals surface area contributed by atoms with Gasteiger partial charge >= 0.3 is 0 Å². The van der Waals surface area contributed by atoms with Crippen LogP contribution in [0.25, 0.3) is 0 Å². The monoisotopic (exact) mass is 316 g/mol. The van der Waals surface area contributed by atoms with Gasteiger partial charge in [0.05, 0.1) is 5.60 Å². The first kappa shape index (κ1) is 16.2. The Bertz CT molecular complexity index is 518. The van der Waals surface area contributed by atoms with Crippen LogP contribution in [-0.4, -0.2) is 10.7 Å². The Balaban J connectivity index is 1.63. The van der Waals surface area contributed by atoms with Crippen LogP contribution in [0, 0.1) is 34.5 Å². The van der Waals surface area contributed by atoms with Crippen LogP contribution < -0.4 is 0 Å². The molecule has 0 spiro atoms. The van der Waals surface area contributed by atoms with Crippen LogP contribution in [0.4, 0.5) is 0 Å². The van der Waals surface area contributed by atoms with Crippen molar-refractivity contribution in [2.75, 3.05) is 0 Å². The second-order valence-electron chi connectivity index (χ2n) is 10.2. The zero-order valence-electron chi connectivity index (χ0n) is 15.7. The van der Waals surface area contributed by atoms with E-state index in [9.17, 15) is 5.11 Å². The summed E-state index contributed by atoms with van der Waals surface area (Å²) < 4.78 is 0. The fraction of sp³-hybridized carbons (Fsp3) is 0.909. The molecule has 0 saturated heterocycles. The van der Waals surface area contributed by atoms with Gasteiger partial charge in [0, 0.05) is 0 Å². The first-order valence-electron chi connectivity index (χ1n) is 10.2. The minimum absolute atomic E-state index is 0.397. The number of rotatable bonds is 0. The molecule has 1 N–H and O–H groups in total. The van der Waals surface area contributed by atoms with Gasteiger partial charge in [-0.1, -0.05) is 25.5 Å². The third kappa shape index (κ3) is 2.21. The summed E-state index contributed by atoms with van der Waals surface area (Å²) >= 11 is 0. The minimum Gasteiger partial charge on any atom is -0.390 e. The maximum absolute atomic E-state index is 10.6. The Labute approximate surface area is 142 Å². The Morgan fingerprint density at radius 1 is 0.957 bits per heavy atom. The summed E-state index contributed by atoms with van der Waals surface area (Å²) in [4.78, 5) is 0. The molecule has 4 rings (SSSR count). The van der Waals surface area contributed by atoms with Crippen molar-refractivity contribution in [3.8, 4) is 0 Å². The molecule has 1 heteroatoms. The van der Waals surface area contributed by atoms with E-state index in [0.29, 0.717) is 10.8 Å². The van der Waals surface area contributed by atoms with Crippen molar-refractivity contribution in [2.24, 2.45) is 34.5 Å². The van der Waals surface area contributed by atoms with Crippen molar-refractivity contribution in [1.29, 1.82) is 0 Å². The molecule has 130 valence electrons. The summed E-state index contributed by atoms with van der Waals surface area (Å²) in [6.07, 6.45) is 14.2.